The highest BCUT2D eigenvalue weighted by Crippen LogP contribution is 2.33. The van der Waals surface area contributed by atoms with Gasteiger partial charge in [0, 0.05) is 30.5 Å². The predicted molar refractivity (Wildman–Crippen MR) is 67.7 cm³/mol. The lowest BCUT2D eigenvalue weighted by Crippen LogP contribution is -2.24. The standard InChI is InChI=1S/C13H13FN2S/c14-13-7-12(3-5-15-13)16(11-1-2-11)8-10-4-6-17-9-10/h3-7,9,11H,1-2,8H2. The van der Waals surface area contributed by atoms with Crippen LogP contribution in [-0.2, 0) is 6.54 Å². The molecule has 0 aromatic carbocycles. The number of anilines is 1. The molecule has 0 saturated heterocycles. The molecule has 2 nitrogen and oxygen atoms in total. The Balaban J connectivity index is 1.85. The molecular formula is C13H13FN2S. The molecule has 17 heavy (non-hydrogen) atoms. The largest absolute Gasteiger partial charge is 0.364 e. The van der Waals surface area contributed by atoms with Crippen LogP contribution in [0, 0.1) is 5.95 Å². The molecule has 1 aliphatic rings. The van der Waals surface area contributed by atoms with Crippen LogP contribution in [0.15, 0.2) is 35.2 Å². The number of pyridine rings is 1. The van der Waals surface area contributed by atoms with Crippen molar-refractivity contribution in [3.63, 3.8) is 0 Å². The van der Waals surface area contributed by atoms with Gasteiger partial charge in [0.05, 0.1) is 0 Å². The minimum absolute atomic E-state index is 0.404. The van der Waals surface area contributed by atoms with Gasteiger partial charge < -0.3 is 4.90 Å². The molecule has 0 bridgehead atoms. The molecule has 1 aliphatic carbocycles. The predicted octanol–water partition coefficient (Wildman–Crippen LogP) is 3.45. The van der Waals surface area contributed by atoms with E-state index in [2.05, 4.69) is 26.7 Å². The maximum Gasteiger partial charge on any atom is 0.214 e. The van der Waals surface area contributed by atoms with Crippen LogP contribution >= 0.6 is 11.3 Å². The van der Waals surface area contributed by atoms with E-state index >= 15 is 0 Å². The molecule has 0 spiro atoms. The number of thiophene rings is 1. The van der Waals surface area contributed by atoms with Crippen LogP contribution in [0.4, 0.5) is 10.1 Å². The van der Waals surface area contributed by atoms with Gasteiger partial charge in [-0.3, -0.25) is 0 Å². The van der Waals surface area contributed by atoms with Crippen LogP contribution in [-0.4, -0.2) is 11.0 Å². The Morgan fingerprint density at radius 2 is 2.29 bits per heavy atom. The van der Waals surface area contributed by atoms with Gasteiger partial charge in [-0.25, -0.2) is 4.98 Å². The molecular weight excluding hydrogens is 235 g/mol. The Kier molecular flexibility index (Phi) is 2.81. The molecule has 3 rings (SSSR count). The van der Waals surface area contributed by atoms with Gasteiger partial charge >= 0.3 is 0 Å². The zero-order valence-electron chi connectivity index (χ0n) is 9.34. The van der Waals surface area contributed by atoms with E-state index in [9.17, 15) is 4.39 Å². The summed E-state index contributed by atoms with van der Waals surface area (Å²) in [6, 6.07) is 6.09. The fraction of sp³-hybridized carbons (Fsp3) is 0.308. The molecule has 88 valence electrons. The van der Waals surface area contributed by atoms with E-state index in [-0.39, 0.29) is 0 Å². The Morgan fingerprint density at radius 3 is 2.94 bits per heavy atom. The summed E-state index contributed by atoms with van der Waals surface area (Å²) >= 11 is 1.70. The van der Waals surface area contributed by atoms with Gasteiger partial charge in [0.25, 0.3) is 0 Å². The van der Waals surface area contributed by atoms with Crippen molar-refractivity contribution in [2.75, 3.05) is 4.90 Å². The molecule has 0 N–H and O–H groups in total. The Bertz CT molecular complexity index is 494. The molecule has 1 fully saturated rings. The van der Waals surface area contributed by atoms with E-state index < -0.39 is 5.95 Å². The molecule has 1 saturated carbocycles. The third kappa shape index (κ3) is 2.47. The van der Waals surface area contributed by atoms with Gasteiger partial charge in [0.15, 0.2) is 0 Å². The summed E-state index contributed by atoms with van der Waals surface area (Å²) in [6.07, 6.45) is 3.94. The maximum absolute atomic E-state index is 13.2. The number of halogens is 1. The molecule has 0 aliphatic heterocycles. The van der Waals surface area contributed by atoms with E-state index in [4.69, 9.17) is 0 Å². The van der Waals surface area contributed by atoms with Crippen molar-refractivity contribution in [1.82, 2.24) is 4.98 Å². The van der Waals surface area contributed by atoms with Crippen LogP contribution in [0.1, 0.15) is 18.4 Å². The van der Waals surface area contributed by atoms with E-state index in [1.54, 1.807) is 11.3 Å². The molecule has 0 unspecified atom stereocenters. The van der Waals surface area contributed by atoms with Crippen LogP contribution in [0.5, 0.6) is 0 Å². The second-order valence-electron chi connectivity index (χ2n) is 4.33. The average Bonchev–Trinajstić information content (AvgIpc) is 3.03. The first kappa shape index (κ1) is 10.7. The zero-order valence-corrected chi connectivity index (χ0v) is 10.2. The molecule has 2 aromatic heterocycles. The van der Waals surface area contributed by atoms with Crippen molar-refractivity contribution in [2.45, 2.75) is 25.4 Å². The fourth-order valence-electron chi connectivity index (χ4n) is 1.97. The first-order valence-electron chi connectivity index (χ1n) is 5.72. The second kappa shape index (κ2) is 4.45. The first-order valence-corrected chi connectivity index (χ1v) is 6.66. The number of hydrogen-bond donors (Lipinski definition) is 0. The van der Waals surface area contributed by atoms with Gasteiger partial charge in [-0.15, -0.1) is 0 Å². The lowest BCUT2D eigenvalue weighted by atomic mass is 10.2. The van der Waals surface area contributed by atoms with Crippen molar-refractivity contribution in [2.24, 2.45) is 0 Å². The third-order valence-corrected chi connectivity index (χ3v) is 3.69. The van der Waals surface area contributed by atoms with Crippen molar-refractivity contribution in [3.8, 4) is 0 Å². The molecule has 2 aromatic rings. The molecule has 0 atom stereocenters. The zero-order chi connectivity index (χ0) is 11.7. The van der Waals surface area contributed by atoms with Crippen LogP contribution in [0.25, 0.3) is 0 Å². The summed E-state index contributed by atoms with van der Waals surface area (Å²) < 4.78 is 13.2. The van der Waals surface area contributed by atoms with Crippen molar-refractivity contribution >= 4 is 17.0 Å². The van der Waals surface area contributed by atoms with Gasteiger partial charge in [0.1, 0.15) is 0 Å². The van der Waals surface area contributed by atoms with Crippen molar-refractivity contribution < 1.29 is 4.39 Å². The fourth-order valence-corrected chi connectivity index (χ4v) is 2.63. The highest BCUT2D eigenvalue weighted by molar-refractivity contribution is 7.07. The quantitative estimate of drug-likeness (QED) is 0.770. The minimum Gasteiger partial charge on any atom is -0.364 e. The Labute approximate surface area is 104 Å². The smallest absolute Gasteiger partial charge is 0.214 e. The number of nitrogens with zero attached hydrogens (tertiary/aromatic N) is 2. The Hall–Kier alpha value is -1.42. The highest BCUT2D eigenvalue weighted by atomic mass is 32.1. The van der Waals surface area contributed by atoms with Crippen LogP contribution in [0.2, 0.25) is 0 Å². The highest BCUT2D eigenvalue weighted by Gasteiger charge is 2.29. The van der Waals surface area contributed by atoms with E-state index in [0.717, 1.165) is 12.2 Å². The van der Waals surface area contributed by atoms with E-state index in [1.165, 1.54) is 30.7 Å². The monoisotopic (exact) mass is 248 g/mol. The van der Waals surface area contributed by atoms with E-state index in [1.807, 2.05) is 6.07 Å². The number of rotatable bonds is 4. The van der Waals surface area contributed by atoms with Gasteiger partial charge in [-0.1, -0.05) is 0 Å². The normalized spacial score (nSPS) is 14.9. The van der Waals surface area contributed by atoms with Crippen LogP contribution in [0.3, 0.4) is 0 Å². The van der Waals surface area contributed by atoms with E-state index in [0.29, 0.717) is 6.04 Å². The SMILES string of the molecule is Fc1cc(N(Cc2ccsc2)C2CC2)ccn1. The minimum atomic E-state index is -0.404. The third-order valence-electron chi connectivity index (χ3n) is 2.96. The topological polar surface area (TPSA) is 16.1 Å². The van der Waals surface area contributed by atoms with Crippen molar-refractivity contribution in [1.29, 1.82) is 0 Å². The summed E-state index contributed by atoms with van der Waals surface area (Å²) in [4.78, 5) is 5.88. The summed E-state index contributed by atoms with van der Waals surface area (Å²) in [5.74, 6) is -0.404. The molecule has 0 amide bonds. The molecule has 0 radical (unpaired) electrons. The summed E-state index contributed by atoms with van der Waals surface area (Å²) in [5, 5.41) is 4.22. The summed E-state index contributed by atoms with van der Waals surface area (Å²) in [6.45, 7) is 0.859. The molecule has 4 heteroatoms. The lowest BCUT2D eigenvalue weighted by molar-refractivity contribution is 0.582. The van der Waals surface area contributed by atoms with Gasteiger partial charge in [0.2, 0.25) is 5.95 Å². The number of hydrogen-bond acceptors (Lipinski definition) is 3. The van der Waals surface area contributed by atoms with Gasteiger partial charge in [-0.05, 0) is 41.3 Å². The lowest BCUT2D eigenvalue weighted by Gasteiger charge is -2.24. The Morgan fingerprint density at radius 1 is 1.41 bits per heavy atom. The van der Waals surface area contributed by atoms with Gasteiger partial charge in [-0.2, -0.15) is 15.7 Å². The second-order valence-corrected chi connectivity index (χ2v) is 5.11. The summed E-state index contributed by atoms with van der Waals surface area (Å²) in [5.41, 5.74) is 2.23. The first-order chi connectivity index (χ1) is 8.33. The molecule has 2 heterocycles. The number of aromatic nitrogens is 1. The maximum atomic E-state index is 13.2. The summed E-state index contributed by atoms with van der Waals surface area (Å²) in [7, 11) is 0. The van der Waals surface area contributed by atoms with Crippen LogP contribution < -0.4 is 4.90 Å². The van der Waals surface area contributed by atoms with Crippen molar-refractivity contribution in [3.05, 3.63) is 46.7 Å². The average molecular weight is 248 g/mol.